The Kier molecular flexibility index (Phi) is 3.67. The van der Waals surface area contributed by atoms with E-state index in [2.05, 4.69) is 24.4 Å². The van der Waals surface area contributed by atoms with Crippen LogP contribution >= 0.6 is 11.3 Å². The van der Waals surface area contributed by atoms with Crippen LogP contribution in [0.4, 0.5) is 0 Å². The second-order valence-corrected chi connectivity index (χ2v) is 7.18. The number of amides is 2. The fourth-order valence-corrected chi connectivity index (χ4v) is 3.03. The lowest BCUT2D eigenvalue weighted by Gasteiger charge is -2.20. The average Bonchev–Trinajstić information content (AvgIpc) is 3.02. The van der Waals surface area contributed by atoms with Gasteiger partial charge in [0.15, 0.2) is 0 Å². The molecule has 2 atom stereocenters. The summed E-state index contributed by atoms with van der Waals surface area (Å²) in [6, 6.07) is 4.19. The molecule has 0 aromatic carbocycles. The molecular formula is C14H20N2O2S. The number of thiophene rings is 1. The number of hydrogen-bond donors (Lipinski definition) is 2. The van der Waals surface area contributed by atoms with Crippen molar-refractivity contribution in [2.45, 2.75) is 33.1 Å². The van der Waals surface area contributed by atoms with Crippen molar-refractivity contribution in [3.63, 3.8) is 0 Å². The van der Waals surface area contributed by atoms with Crippen LogP contribution in [-0.2, 0) is 9.59 Å². The second-order valence-electron chi connectivity index (χ2n) is 5.86. The Morgan fingerprint density at radius 1 is 1.47 bits per heavy atom. The van der Waals surface area contributed by atoms with E-state index in [1.54, 1.807) is 25.2 Å². The summed E-state index contributed by atoms with van der Waals surface area (Å²) in [6.45, 7) is 5.85. The Morgan fingerprint density at radius 2 is 2.16 bits per heavy atom. The Bertz CT molecular complexity index is 507. The predicted molar refractivity (Wildman–Crippen MR) is 75.9 cm³/mol. The van der Waals surface area contributed by atoms with Crippen LogP contribution in [0.3, 0.4) is 0 Å². The number of hydrogen-bond acceptors (Lipinski definition) is 3. The van der Waals surface area contributed by atoms with Gasteiger partial charge in [-0.3, -0.25) is 9.59 Å². The normalized spacial score (nSPS) is 22.1. The molecule has 0 saturated heterocycles. The van der Waals surface area contributed by atoms with Gasteiger partial charge in [0.1, 0.15) is 0 Å². The van der Waals surface area contributed by atoms with Crippen molar-refractivity contribution in [3.05, 3.63) is 21.9 Å². The van der Waals surface area contributed by atoms with E-state index in [-0.39, 0.29) is 11.8 Å². The van der Waals surface area contributed by atoms with Crippen LogP contribution in [0.25, 0.3) is 0 Å². The van der Waals surface area contributed by atoms with E-state index in [9.17, 15) is 9.59 Å². The molecule has 104 valence electrons. The summed E-state index contributed by atoms with van der Waals surface area (Å²) in [5.74, 6) is 0.0523. The number of carbonyl (C=O) groups is 2. The Morgan fingerprint density at radius 3 is 2.68 bits per heavy atom. The summed E-state index contributed by atoms with van der Waals surface area (Å²) in [6.07, 6.45) is 0.906. The maximum atomic E-state index is 12.0. The fourth-order valence-electron chi connectivity index (χ4n) is 1.98. The van der Waals surface area contributed by atoms with E-state index in [0.29, 0.717) is 12.5 Å². The van der Waals surface area contributed by atoms with Crippen molar-refractivity contribution in [2.75, 3.05) is 6.54 Å². The van der Waals surface area contributed by atoms with Gasteiger partial charge in [0, 0.05) is 28.1 Å². The van der Waals surface area contributed by atoms with Crippen molar-refractivity contribution >= 4 is 23.2 Å². The highest BCUT2D eigenvalue weighted by atomic mass is 32.1. The molecule has 1 aromatic heterocycles. The smallest absolute Gasteiger partial charge is 0.224 e. The van der Waals surface area contributed by atoms with Crippen LogP contribution in [-0.4, -0.2) is 18.4 Å². The zero-order valence-corrected chi connectivity index (χ0v) is 12.3. The highest BCUT2D eigenvalue weighted by Crippen LogP contribution is 2.49. The molecule has 19 heavy (non-hydrogen) atoms. The highest BCUT2D eigenvalue weighted by molar-refractivity contribution is 7.12. The quantitative estimate of drug-likeness (QED) is 0.863. The maximum Gasteiger partial charge on any atom is 0.224 e. The van der Waals surface area contributed by atoms with Gasteiger partial charge in [-0.1, -0.05) is 0 Å². The standard InChI is InChI=1S/C14H20N2O2S/c1-8-4-5-11(19-8)9-6-10(9)12(17)16-7-14(2,3)13(15)18/h4-5,9-10H,6-7H2,1-3H3,(H2,15,18)(H,16,17). The van der Waals surface area contributed by atoms with Gasteiger partial charge in [-0.05, 0) is 39.3 Å². The van der Waals surface area contributed by atoms with E-state index in [4.69, 9.17) is 5.73 Å². The lowest BCUT2D eigenvalue weighted by Crippen LogP contribution is -2.42. The Hall–Kier alpha value is -1.36. The minimum Gasteiger partial charge on any atom is -0.369 e. The summed E-state index contributed by atoms with van der Waals surface area (Å²) >= 11 is 1.75. The van der Waals surface area contributed by atoms with Crippen molar-refractivity contribution in [1.29, 1.82) is 0 Å². The maximum absolute atomic E-state index is 12.0. The minimum atomic E-state index is -0.695. The molecule has 0 aliphatic heterocycles. The molecule has 4 nitrogen and oxygen atoms in total. The first kappa shape index (κ1) is 14.1. The molecule has 1 saturated carbocycles. The van der Waals surface area contributed by atoms with Gasteiger partial charge in [-0.15, -0.1) is 11.3 Å². The van der Waals surface area contributed by atoms with E-state index in [1.807, 2.05) is 0 Å². The fraction of sp³-hybridized carbons (Fsp3) is 0.571. The average molecular weight is 280 g/mol. The number of nitrogens with two attached hydrogens (primary N) is 1. The van der Waals surface area contributed by atoms with Crippen LogP contribution in [0.15, 0.2) is 12.1 Å². The molecule has 1 aliphatic rings. The number of aryl methyl sites for hydroxylation is 1. The van der Waals surface area contributed by atoms with Gasteiger partial charge in [-0.2, -0.15) is 0 Å². The molecule has 1 aliphatic carbocycles. The molecular weight excluding hydrogens is 260 g/mol. The van der Waals surface area contributed by atoms with Gasteiger partial charge in [0.05, 0.1) is 5.41 Å². The molecule has 1 fully saturated rings. The van der Waals surface area contributed by atoms with Crippen LogP contribution in [0.5, 0.6) is 0 Å². The molecule has 5 heteroatoms. The van der Waals surface area contributed by atoms with Crippen molar-refractivity contribution < 1.29 is 9.59 Å². The second kappa shape index (κ2) is 4.96. The topological polar surface area (TPSA) is 72.2 Å². The van der Waals surface area contributed by atoms with Crippen LogP contribution in [0, 0.1) is 18.3 Å². The SMILES string of the molecule is Cc1ccc(C2CC2C(=O)NCC(C)(C)C(N)=O)s1. The summed E-state index contributed by atoms with van der Waals surface area (Å²) in [5.41, 5.74) is 4.59. The predicted octanol–water partition coefficient (Wildman–Crippen LogP) is 1.79. The third-order valence-electron chi connectivity index (χ3n) is 3.63. The Labute approximate surface area is 117 Å². The van der Waals surface area contributed by atoms with Gasteiger partial charge in [-0.25, -0.2) is 0 Å². The summed E-state index contributed by atoms with van der Waals surface area (Å²) in [4.78, 5) is 25.7. The van der Waals surface area contributed by atoms with Crippen molar-refractivity contribution in [3.8, 4) is 0 Å². The van der Waals surface area contributed by atoms with Crippen molar-refractivity contribution in [2.24, 2.45) is 17.1 Å². The molecule has 1 aromatic rings. The van der Waals surface area contributed by atoms with Crippen molar-refractivity contribution in [1.82, 2.24) is 5.32 Å². The van der Waals surface area contributed by atoms with E-state index in [1.165, 1.54) is 9.75 Å². The minimum absolute atomic E-state index is 0.0328. The van der Waals surface area contributed by atoms with E-state index in [0.717, 1.165) is 6.42 Å². The van der Waals surface area contributed by atoms with Gasteiger partial charge in [0.2, 0.25) is 11.8 Å². The number of rotatable bonds is 5. The van der Waals surface area contributed by atoms with Gasteiger partial charge < -0.3 is 11.1 Å². The van der Waals surface area contributed by atoms with E-state index < -0.39 is 11.3 Å². The first-order valence-electron chi connectivity index (χ1n) is 6.45. The van der Waals surface area contributed by atoms with Gasteiger partial charge >= 0.3 is 0 Å². The third kappa shape index (κ3) is 3.15. The molecule has 0 bridgehead atoms. The zero-order valence-electron chi connectivity index (χ0n) is 11.5. The number of carbonyl (C=O) groups excluding carboxylic acids is 2. The monoisotopic (exact) mass is 280 g/mol. The molecule has 0 radical (unpaired) electrons. The van der Waals surface area contributed by atoms with Crippen LogP contribution in [0.1, 0.15) is 35.9 Å². The number of nitrogens with one attached hydrogen (secondary N) is 1. The van der Waals surface area contributed by atoms with Crippen LogP contribution in [0.2, 0.25) is 0 Å². The Balaban J connectivity index is 1.85. The van der Waals surface area contributed by atoms with Crippen LogP contribution < -0.4 is 11.1 Å². The third-order valence-corrected chi connectivity index (χ3v) is 4.76. The summed E-state index contributed by atoms with van der Waals surface area (Å²) < 4.78 is 0. The molecule has 0 spiro atoms. The van der Waals surface area contributed by atoms with E-state index >= 15 is 0 Å². The highest BCUT2D eigenvalue weighted by Gasteiger charge is 2.45. The molecule has 2 rings (SSSR count). The lowest BCUT2D eigenvalue weighted by atomic mass is 9.93. The largest absolute Gasteiger partial charge is 0.369 e. The first-order chi connectivity index (χ1) is 8.81. The summed E-state index contributed by atoms with van der Waals surface area (Å²) in [7, 11) is 0. The zero-order chi connectivity index (χ0) is 14.2. The molecule has 3 N–H and O–H groups in total. The first-order valence-corrected chi connectivity index (χ1v) is 7.27. The lowest BCUT2D eigenvalue weighted by molar-refractivity contribution is -0.127. The number of primary amides is 1. The van der Waals surface area contributed by atoms with Gasteiger partial charge in [0.25, 0.3) is 0 Å². The molecule has 2 amide bonds. The molecule has 1 heterocycles. The molecule has 2 unspecified atom stereocenters. The summed E-state index contributed by atoms with van der Waals surface area (Å²) in [5, 5.41) is 2.84.